The highest BCUT2D eigenvalue weighted by Gasteiger charge is 2.05. The lowest BCUT2D eigenvalue weighted by Gasteiger charge is -2.08. The fourth-order valence-electron chi connectivity index (χ4n) is 1.79. The minimum absolute atomic E-state index is 0.0511. The monoisotopic (exact) mass is 397 g/mol. The molecule has 20 heavy (non-hydrogen) atoms. The maximum Gasteiger partial charge on any atom is 0.234 e. The van der Waals surface area contributed by atoms with Crippen LogP contribution in [0.2, 0.25) is 0 Å². The Bertz CT molecular complexity index is 586. The first kappa shape index (κ1) is 15.4. The molecule has 2 nitrogen and oxygen atoms in total. The van der Waals surface area contributed by atoms with Gasteiger partial charge in [0.2, 0.25) is 5.91 Å². The Kier molecular flexibility index (Phi) is 5.91. The molecule has 0 heterocycles. The van der Waals surface area contributed by atoms with E-state index in [-0.39, 0.29) is 5.91 Å². The van der Waals surface area contributed by atoms with Crippen molar-refractivity contribution in [3.05, 3.63) is 63.2 Å². The maximum atomic E-state index is 11.9. The minimum atomic E-state index is 0.0511. The lowest BCUT2D eigenvalue weighted by molar-refractivity contribution is -0.113. The summed E-state index contributed by atoms with van der Waals surface area (Å²) in [6.45, 7) is 2.01. The predicted molar refractivity (Wildman–Crippen MR) is 95.1 cm³/mol. The van der Waals surface area contributed by atoms with E-state index in [0.717, 1.165) is 17.0 Å². The van der Waals surface area contributed by atoms with E-state index in [2.05, 4.69) is 46.1 Å². The van der Waals surface area contributed by atoms with Crippen LogP contribution in [-0.4, -0.2) is 11.7 Å². The van der Waals surface area contributed by atoms with Crippen molar-refractivity contribution in [3.63, 3.8) is 0 Å². The molecule has 1 N–H and O–H groups in total. The zero-order valence-electron chi connectivity index (χ0n) is 11.2. The molecule has 0 aromatic heterocycles. The highest BCUT2D eigenvalue weighted by molar-refractivity contribution is 14.1. The summed E-state index contributed by atoms with van der Waals surface area (Å²) >= 11 is 3.90. The third-order valence-corrected chi connectivity index (χ3v) is 4.48. The molecule has 0 aliphatic carbocycles. The number of rotatable bonds is 5. The number of hydrogen-bond acceptors (Lipinski definition) is 2. The van der Waals surface area contributed by atoms with Gasteiger partial charge in [0.05, 0.1) is 5.75 Å². The van der Waals surface area contributed by atoms with Crippen LogP contribution < -0.4 is 5.32 Å². The van der Waals surface area contributed by atoms with Crippen LogP contribution in [0, 0.1) is 10.5 Å². The summed E-state index contributed by atoms with van der Waals surface area (Å²) in [7, 11) is 0. The number of thioether (sulfide) groups is 1. The van der Waals surface area contributed by atoms with E-state index in [1.54, 1.807) is 11.8 Å². The quantitative estimate of drug-likeness (QED) is 0.755. The maximum absolute atomic E-state index is 11.9. The normalized spacial score (nSPS) is 10.3. The first-order valence-corrected chi connectivity index (χ1v) is 8.56. The van der Waals surface area contributed by atoms with Gasteiger partial charge in [-0.3, -0.25) is 4.79 Å². The van der Waals surface area contributed by atoms with Crippen molar-refractivity contribution < 1.29 is 4.79 Å². The lowest BCUT2D eigenvalue weighted by atomic mass is 10.2. The molecule has 0 saturated heterocycles. The Morgan fingerprint density at radius 3 is 2.65 bits per heavy atom. The predicted octanol–water partition coefficient (Wildman–Crippen LogP) is 4.47. The topological polar surface area (TPSA) is 29.1 Å². The molecule has 4 heteroatoms. The van der Waals surface area contributed by atoms with E-state index in [9.17, 15) is 4.79 Å². The summed E-state index contributed by atoms with van der Waals surface area (Å²) in [5.74, 6) is 1.38. The summed E-state index contributed by atoms with van der Waals surface area (Å²) in [4.78, 5) is 11.9. The average molecular weight is 397 g/mol. The van der Waals surface area contributed by atoms with Crippen LogP contribution in [0.5, 0.6) is 0 Å². The standard InChI is InChI=1S/C16H16INOS/c1-12-9-14(17)7-8-15(12)18-16(19)11-20-10-13-5-3-2-4-6-13/h2-9H,10-11H2,1H3,(H,18,19). The van der Waals surface area contributed by atoms with Gasteiger partial charge >= 0.3 is 0 Å². The number of hydrogen-bond donors (Lipinski definition) is 1. The largest absolute Gasteiger partial charge is 0.325 e. The molecule has 0 unspecified atom stereocenters. The van der Waals surface area contributed by atoms with Gasteiger partial charge < -0.3 is 5.32 Å². The molecule has 0 aliphatic heterocycles. The van der Waals surface area contributed by atoms with Gasteiger partial charge in [-0.15, -0.1) is 11.8 Å². The number of amides is 1. The Morgan fingerprint density at radius 2 is 1.95 bits per heavy atom. The molecular weight excluding hydrogens is 381 g/mol. The molecule has 0 saturated carbocycles. The van der Waals surface area contributed by atoms with Crippen LogP contribution >= 0.6 is 34.4 Å². The second-order valence-corrected chi connectivity index (χ2v) is 6.72. The fraction of sp³-hybridized carbons (Fsp3) is 0.188. The van der Waals surface area contributed by atoms with Gasteiger partial charge in [0.1, 0.15) is 0 Å². The molecule has 0 radical (unpaired) electrons. The number of halogens is 1. The van der Waals surface area contributed by atoms with Crippen LogP contribution in [0.3, 0.4) is 0 Å². The molecule has 0 spiro atoms. The van der Waals surface area contributed by atoms with Crippen molar-refractivity contribution in [3.8, 4) is 0 Å². The van der Waals surface area contributed by atoms with Crippen molar-refractivity contribution in [2.75, 3.05) is 11.1 Å². The minimum Gasteiger partial charge on any atom is -0.325 e. The van der Waals surface area contributed by atoms with Gasteiger partial charge in [0.25, 0.3) is 0 Å². The van der Waals surface area contributed by atoms with E-state index in [1.165, 1.54) is 9.13 Å². The summed E-state index contributed by atoms with van der Waals surface area (Å²) in [6, 6.07) is 16.2. The number of carbonyl (C=O) groups excluding carboxylic acids is 1. The van der Waals surface area contributed by atoms with Crippen LogP contribution in [-0.2, 0) is 10.5 Å². The highest BCUT2D eigenvalue weighted by atomic mass is 127. The molecule has 2 rings (SSSR count). The van der Waals surface area contributed by atoms with E-state index in [0.29, 0.717) is 5.75 Å². The van der Waals surface area contributed by atoms with Gasteiger partial charge in [-0.25, -0.2) is 0 Å². The molecular formula is C16H16INOS. The van der Waals surface area contributed by atoms with Gasteiger partial charge in [-0.05, 0) is 58.8 Å². The zero-order chi connectivity index (χ0) is 14.4. The van der Waals surface area contributed by atoms with Gasteiger partial charge in [-0.2, -0.15) is 0 Å². The second-order valence-electron chi connectivity index (χ2n) is 4.49. The summed E-state index contributed by atoms with van der Waals surface area (Å²) in [5.41, 5.74) is 3.24. The molecule has 2 aromatic rings. The summed E-state index contributed by atoms with van der Waals surface area (Å²) < 4.78 is 1.18. The van der Waals surface area contributed by atoms with E-state index in [4.69, 9.17) is 0 Å². The first-order valence-electron chi connectivity index (χ1n) is 6.33. The van der Waals surface area contributed by atoms with E-state index < -0.39 is 0 Å². The lowest BCUT2D eigenvalue weighted by Crippen LogP contribution is -2.15. The third-order valence-electron chi connectivity index (χ3n) is 2.81. The molecule has 0 fully saturated rings. The van der Waals surface area contributed by atoms with E-state index >= 15 is 0 Å². The number of aryl methyl sites for hydroxylation is 1. The van der Waals surface area contributed by atoms with Crippen molar-refractivity contribution in [2.24, 2.45) is 0 Å². The van der Waals surface area contributed by atoms with Crippen molar-refractivity contribution in [1.82, 2.24) is 0 Å². The SMILES string of the molecule is Cc1cc(I)ccc1NC(=O)CSCc1ccccc1. The molecule has 2 aromatic carbocycles. The Labute approximate surface area is 137 Å². The van der Waals surface area contributed by atoms with Crippen molar-refractivity contribution in [2.45, 2.75) is 12.7 Å². The smallest absolute Gasteiger partial charge is 0.234 e. The number of anilines is 1. The second kappa shape index (κ2) is 7.69. The highest BCUT2D eigenvalue weighted by Crippen LogP contribution is 2.18. The van der Waals surface area contributed by atoms with Gasteiger partial charge in [-0.1, -0.05) is 30.3 Å². The van der Waals surface area contributed by atoms with Crippen LogP contribution in [0.1, 0.15) is 11.1 Å². The Balaban J connectivity index is 1.81. The average Bonchev–Trinajstić information content (AvgIpc) is 2.43. The van der Waals surface area contributed by atoms with Crippen molar-refractivity contribution >= 4 is 45.9 Å². The van der Waals surface area contributed by atoms with Gasteiger partial charge in [0.15, 0.2) is 0 Å². The third kappa shape index (κ3) is 4.83. The summed E-state index contributed by atoms with van der Waals surface area (Å²) in [5, 5.41) is 2.96. The van der Waals surface area contributed by atoms with Crippen LogP contribution in [0.15, 0.2) is 48.5 Å². The molecule has 0 aliphatic rings. The van der Waals surface area contributed by atoms with Crippen molar-refractivity contribution in [1.29, 1.82) is 0 Å². The molecule has 104 valence electrons. The zero-order valence-corrected chi connectivity index (χ0v) is 14.2. The van der Waals surface area contributed by atoms with E-state index in [1.807, 2.05) is 37.3 Å². The number of benzene rings is 2. The first-order chi connectivity index (χ1) is 9.65. The number of nitrogens with one attached hydrogen (secondary N) is 1. The van der Waals surface area contributed by atoms with Crippen LogP contribution in [0.4, 0.5) is 5.69 Å². The molecule has 1 amide bonds. The van der Waals surface area contributed by atoms with Gasteiger partial charge in [0, 0.05) is 15.0 Å². The molecule has 0 atom stereocenters. The Hall–Kier alpha value is -1.01. The summed E-state index contributed by atoms with van der Waals surface area (Å²) in [6.07, 6.45) is 0. The number of carbonyl (C=O) groups is 1. The van der Waals surface area contributed by atoms with Crippen LogP contribution in [0.25, 0.3) is 0 Å². The molecule has 0 bridgehead atoms. The Morgan fingerprint density at radius 1 is 1.20 bits per heavy atom. The fourth-order valence-corrected chi connectivity index (χ4v) is 3.22.